The van der Waals surface area contributed by atoms with Gasteiger partial charge >= 0.3 is 0 Å². The summed E-state index contributed by atoms with van der Waals surface area (Å²) in [5, 5.41) is 2.82. The molecule has 0 aliphatic rings. The number of nitrogens with two attached hydrogens (primary N) is 1. The van der Waals surface area contributed by atoms with Gasteiger partial charge in [0.1, 0.15) is 0 Å². The maximum atomic E-state index is 5.82. The summed E-state index contributed by atoms with van der Waals surface area (Å²) in [5.74, 6) is 0. The molecule has 0 radical (unpaired) electrons. The molecule has 3 heteroatoms. The maximum absolute atomic E-state index is 5.82. The van der Waals surface area contributed by atoms with Crippen LogP contribution < -0.4 is 5.73 Å². The van der Waals surface area contributed by atoms with Gasteiger partial charge in [0.25, 0.3) is 0 Å². The predicted molar refractivity (Wildman–Crippen MR) is 62.7 cm³/mol. The number of hydrogen-bond donors (Lipinski definition) is 1. The number of halogens is 1. The lowest BCUT2D eigenvalue weighted by atomic mass is 10.1. The van der Waals surface area contributed by atoms with Crippen LogP contribution in [0.15, 0.2) is 35.7 Å². The van der Waals surface area contributed by atoms with Crippen molar-refractivity contribution >= 4 is 22.9 Å². The van der Waals surface area contributed by atoms with Crippen molar-refractivity contribution in [2.75, 3.05) is 0 Å². The molecule has 0 aliphatic heterocycles. The Labute approximate surface area is 92.1 Å². The summed E-state index contributed by atoms with van der Waals surface area (Å²) in [5.41, 5.74) is 8.04. The Hall–Kier alpha value is -0.830. The summed E-state index contributed by atoms with van der Waals surface area (Å²) in [7, 11) is 0. The van der Waals surface area contributed by atoms with E-state index in [4.69, 9.17) is 17.3 Å². The summed E-state index contributed by atoms with van der Waals surface area (Å²) in [6, 6.07) is 9.92. The molecule has 1 aromatic heterocycles. The molecule has 0 atom stereocenters. The van der Waals surface area contributed by atoms with Crippen LogP contribution in [0.25, 0.3) is 11.1 Å². The lowest BCUT2D eigenvalue weighted by Crippen LogP contribution is -1.94. The fourth-order valence-corrected chi connectivity index (χ4v) is 2.29. The Bertz CT molecular complexity index is 419. The highest BCUT2D eigenvalue weighted by Crippen LogP contribution is 2.28. The molecule has 0 bridgehead atoms. The minimum atomic E-state index is 0.593. The predicted octanol–water partition coefficient (Wildman–Crippen LogP) is 3.53. The Kier molecular flexibility index (Phi) is 2.87. The van der Waals surface area contributed by atoms with E-state index >= 15 is 0 Å². The van der Waals surface area contributed by atoms with Crippen molar-refractivity contribution in [2.45, 2.75) is 6.54 Å². The van der Waals surface area contributed by atoms with Gasteiger partial charge in [0, 0.05) is 16.4 Å². The van der Waals surface area contributed by atoms with E-state index < -0.39 is 0 Å². The van der Waals surface area contributed by atoms with Gasteiger partial charge in [-0.05, 0) is 34.7 Å². The van der Waals surface area contributed by atoms with Crippen molar-refractivity contribution in [3.05, 3.63) is 45.6 Å². The molecule has 0 aliphatic carbocycles. The van der Waals surface area contributed by atoms with E-state index in [2.05, 4.69) is 11.4 Å². The molecule has 0 fully saturated rings. The second kappa shape index (κ2) is 4.13. The first-order valence-electron chi connectivity index (χ1n) is 4.33. The van der Waals surface area contributed by atoms with Crippen molar-refractivity contribution in [2.24, 2.45) is 5.73 Å². The van der Waals surface area contributed by atoms with Crippen molar-refractivity contribution in [1.82, 2.24) is 0 Å². The SMILES string of the molecule is NCc1sccc1-c1ccc(Cl)cc1. The Balaban J connectivity index is 2.44. The van der Waals surface area contributed by atoms with Crippen molar-refractivity contribution in [3.63, 3.8) is 0 Å². The van der Waals surface area contributed by atoms with Gasteiger partial charge < -0.3 is 5.73 Å². The van der Waals surface area contributed by atoms with Crippen LogP contribution in [-0.2, 0) is 6.54 Å². The molecule has 0 unspecified atom stereocenters. The second-order valence-electron chi connectivity index (χ2n) is 2.97. The van der Waals surface area contributed by atoms with Crippen LogP contribution in [0.5, 0.6) is 0 Å². The largest absolute Gasteiger partial charge is 0.326 e. The molecule has 1 aromatic carbocycles. The first-order chi connectivity index (χ1) is 6.81. The Morgan fingerprint density at radius 2 is 1.86 bits per heavy atom. The van der Waals surface area contributed by atoms with Gasteiger partial charge in [0.15, 0.2) is 0 Å². The van der Waals surface area contributed by atoms with E-state index in [0.717, 1.165) is 5.02 Å². The van der Waals surface area contributed by atoms with Crippen molar-refractivity contribution in [3.8, 4) is 11.1 Å². The van der Waals surface area contributed by atoms with Crippen LogP contribution in [0.1, 0.15) is 4.88 Å². The van der Waals surface area contributed by atoms with Crippen LogP contribution in [0, 0.1) is 0 Å². The summed E-state index contributed by atoms with van der Waals surface area (Å²) in [4.78, 5) is 1.22. The number of benzene rings is 1. The average Bonchev–Trinajstić information content (AvgIpc) is 2.67. The third-order valence-electron chi connectivity index (χ3n) is 2.09. The molecule has 0 saturated carbocycles. The molecule has 2 aromatic rings. The van der Waals surface area contributed by atoms with Crippen molar-refractivity contribution in [1.29, 1.82) is 0 Å². The van der Waals surface area contributed by atoms with Gasteiger partial charge in [-0.25, -0.2) is 0 Å². The third-order valence-corrected chi connectivity index (χ3v) is 3.28. The molecule has 14 heavy (non-hydrogen) atoms. The number of rotatable bonds is 2. The second-order valence-corrected chi connectivity index (χ2v) is 4.41. The Morgan fingerprint density at radius 1 is 1.14 bits per heavy atom. The molecule has 0 spiro atoms. The molecule has 1 nitrogen and oxygen atoms in total. The van der Waals surface area contributed by atoms with Crippen LogP contribution in [-0.4, -0.2) is 0 Å². The molecular formula is C11H10ClNS. The molecule has 0 saturated heterocycles. The topological polar surface area (TPSA) is 26.0 Å². The molecule has 2 N–H and O–H groups in total. The number of hydrogen-bond acceptors (Lipinski definition) is 2. The van der Waals surface area contributed by atoms with Gasteiger partial charge in [-0.15, -0.1) is 11.3 Å². The first-order valence-corrected chi connectivity index (χ1v) is 5.59. The molecule has 2 rings (SSSR count). The molecular weight excluding hydrogens is 214 g/mol. The molecule has 1 heterocycles. The zero-order chi connectivity index (χ0) is 9.97. The van der Waals surface area contributed by atoms with Crippen LogP contribution in [0.2, 0.25) is 5.02 Å². The van der Waals surface area contributed by atoms with Gasteiger partial charge in [-0.1, -0.05) is 23.7 Å². The minimum Gasteiger partial charge on any atom is -0.326 e. The normalized spacial score (nSPS) is 10.4. The third kappa shape index (κ3) is 1.82. The maximum Gasteiger partial charge on any atom is 0.0406 e. The van der Waals surface area contributed by atoms with Crippen molar-refractivity contribution < 1.29 is 0 Å². The lowest BCUT2D eigenvalue weighted by Gasteiger charge is -2.01. The van der Waals surface area contributed by atoms with Crippen LogP contribution in [0.3, 0.4) is 0 Å². The van der Waals surface area contributed by atoms with E-state index in [1.54, 1.807) is 11.3 Å². The smallest absolute Gasteiger partial charge is 0.0406 e. The lowest BCUT2D eigenvalue weighted by molar-refractivity contribution is 1.11. The van der Waals surface area contributed by atoms with E-state index in [0.29, 0.717) is 6.54 Å². The van der Waals surface area contributed by atoms with Gasteiger partial charge in [0.05, 0.1) is 0 Å². The highest BCUT2D eigenvalue weighted by Gasteiger charge is 2.04. The highest BCUT2D eigenvalue weighted by molar-refractivity contribution is 7.10. The minimum absolute atomic E-state index is 0.593. The van der Waals surface area contributed by atoms with Crippen LogP contribution in [0.4, 0.5) is 0 Å². The summed E-state index contributed by atoms with van der Waals surface area (Å²) >= 11 is 7.52. The first kappa shape index (κ1) is 9.71. The zero-order valence-corrected chi connectivity index (χ0v) is 9.11. The summed E-state index contributed by atoms with van der Waals surface area (Å²) < 4.78 is 0. The van der Waals surface area contributed by atoms with E-state index in [1.807, 2.05) is 24.3 Å². The quantitative estimate of drug-likeness (QED) is 0.828. The van der Waals surface area contributed by atoms with Crippen LogP contribution >= 0.6 is 22.9 Å². The van der Waals surface area contributed by atoms with E-state index in [1.165, 1.54) is 16.0 Å². The zero-order valence-electron chi connectivity index (χ0n) is 7.53. The average molecular weight is 224 g/mol. The monoisotopic (exact) mass is 223 g/mol. The highest BCUT2D eigenvalue weighted by atomic mass is 35.5. The number of thiophene rings is 1. The fraction of sp³-hybridized carbons (Fsp3) is 0.0909. The standard InChI is InChI=1S/C11H10ClNS/c12-9-3-1-8(2-4-9)10-5-6-14-11(10)7-13/h1-6H,7,13H2. The molecule has 72 valence electrons. The molecule has 0 amide bonds. The van der Waals surface area contributed by atoms with Gasteiger partial charge in [-0.3, -0.25) is 0 Å². The fourth-order valence-electron chi connectivity index (χ4n) is 1.39. The summed E-state index contributed by atoms with van der Waals surface area (Å²) in [6.45, 7) is 0.593. The summed E-state index contributed by atoms with van der Waals surface area (Å²) in [6.07, 6.45) is 0. The van der Waals surface area contributed by atoms with Gasteiger partial charge in [-0.2, -0.15) is 0 Å². The Morgan fingerprint density at radius 3 is 2.50 bits per heavy atom. The van der Waals surface area contributed by atoms with E-state index in [-0.39, 0.29) is 0 Å². The van der Waals surface area contributed by atoms with E-state index in [9.17, 15) is 0 Å². The van der Waals surface area contributed by atoms with Gasteiger partial charge in [0.2, 0.25) is 0 Å².